The Morgan fingerprint density at radius 1 is 1.00 bits per heavy atom. The van der Waals surface area contributed by atoms with Crippen molar-refractivity contribution >= 4 is 0 Å². The maximum atomic E-state index is 3.72. The molecule has 0 aromatic heterocycles. The molecular weight excluding hydrogens is 172 g/mol. The molecule has 2 rings (SSSR count). The predicted octanol–water partition coefficient (Wildman–Crippen LogP) is 2.55. The molecule has 0 amide bonds. The number of hydrogen-bond acceptors (Lipinski definition) is 2. The molecule has 14 heavy (non-hydrogen) atoms. The number of nitrogens with one attached hydrogen (secondary N) is 1. The zero-order valence-corrected chi connectivity index (χ0v) is 9.79. The summed E-state index contributed by atoms with van der Waals surface area (Å²) < 4.78 is 0. The maximum Gasteiger partial charge on any atom is 0.0220 e. The molecular formula is C12H24N2. The lowest BCUT2D eigenvalue weighted by Crippen LogP contribution is -2.58. The second-order valence-corrected chi connectivity index (χ2v) is 5.44. The van der Waals surface area contributed by atoms with E-state index in [9.17, 15) is 0 Å². The average Bonchev–Trinajstić information content (AvgIpc) is 2.08. The fourth-order valence-corrected chi connectivity index (χ4v) is 2.89. The van der Waals surface area contributed by atoms with Crippen LogP contribution in [0.4, 0.5) is 0 Å². The van der Waals surface area contributed by atoms with Crippen molar-refractivity contribution in [3.05, 3.63) is 0 Å². The van der Waals surface area contributed by atoms with Gasteiger partial charge in [0.2, 0.25) is 0 Å². The van der Waals surface area contributed by atoms with Gasteiger partial charge in [-0.2, -0.15) is 0 Å². The highest BCUT2D eigenvalue weighted by atomic mass is 15.5. The molecule has 2 atom stereocenters. The highest BCUT2D eigenvalue weighted by molar-refractivity contribution is 4.85. The highest BCUT2D eigenvalue weighted by Crippen LogP contribution is 2.29. The third-order valence-electron chi connectivity index (χ3n) is 3.90. The van der Waals surface area contributed by atoms with E-state index in [4.69, 9.17) is 0 Å². The minimum Gasteiger partial charge on any atom is -0.252 e. The van der Waals surface area contributed by atoms with Gasteiger partial charge in [0.15, 0.2) is 0 Å². The number of rotatable bonds is 2. The zero-order valence-electron chi connectivity index (χ0n) is 9.79. The summed E-state index contributed by atoms with van der Waals surface area (Å²) in [6.07, 6.45) is 6.87. The standard InChI is InChI=1S/C12H24N2/c1-9-7-12(8-9)13-14-10(2)5-4-6-11(14)3/h9-13H,4-8H2,1-3H3. The second-order valence-electron chi connectivity index (χ2n) is 5.44. The van der Waals surface area contributed by atoms with Crippen molar-refractivity contribution in [2.45, 2.75) is 71.0 Å². The summed E-state index contributed by atoms with van der Waals surface area (Å²) in [4.78, 5) is 0. The van der Waals surface area contributed by atoms with Crippen molar-refractivity contribution in [1.82, 2.24) is 10.4 Å². The van der Waals surface area contributed by atoms with Gasteiger partial charge in [-0.15, -0.1) is 0 Å². The summed E-state index contributed by atoms with van der Waals surface area (Å²) in [5, 5.41) is 2.51. The lowest BCUT2D eigenvalue weighted by molar-refractivity contribution is 0.00472. The first-order chi connectivity index (χ1) is 6.66. The van der Waals surface area contributed by atoms with Crippen LogP contribution in [0.3, 0.4) is 0 Å². The Balaban J connectivity index is 1.82. The van der Waals surface area contributed by atoms with E-state index in [0.717, 1.165) is 24.0 Å². The summed E-state index contributed by atoms with van der Waals surface area (Å²) in [6, 6.07) is 2.23. The van der Waals surface area contributed by atoms with Gasteiger partial charge < -0.3 is 0 Å². The third-order valence-corrected chi connectivity index (χ3v) is 3.90. The summed E-state index contributed by atoms with van der Waals surface area (Å²) >= 11 is 0. The number of piperidine rings is 1. The molecule has 1 heterocycles. The third kappa shape index (κ3) is 2.12. The van der Waals surface area contributed by atoms with Crippen LogP contribution >= 0.6 is 0 Å². The Bertz CT molecular complexity index is 177. The second kappa shape index (κ2) is 4.19. The van der Waals surface area contributed by atoms with Crippen LogP contribution in [0.2, 0.25) is 0 Å². The molecule has 0 radical (unpaired) electrons. The molecule has 1 N–H and O–H groups in total. The molecule has 2 aliphatic rings. The highest BCUT2D eigenvalue weighted by Gasteiger charge is 2.31. The molecule has 2 fully saturated rings. The Labute approximate surface area is 88.0 Å². The molecule has 2 nitrogen and oxygen atoms in total. The van der Waals surface area contributed by atoms with E-state index >= 15 is 0 Å². The molecule has 1 saturated heterocycles. The molecule has 1 aliphatic carbocycles. The quantitative estimate of drug-likeness (QED) is 0.730. The number of hydrogen-bond donors (Lipinski definition) is 1. The lowest BCUT2D eigenvalue weighted by atomic mass is 9.82. The van der Waals surface area contributed by atoms with Crippen LogP contribution in [0.5, 0.6) is 0 Å². The first-order valence-corrected chi connectivity index (χ1v) is 6.21. The van der Waals surface area contributed by atoms with Crippen LogP contribution in [0, 0.1) is 5.92 Å². The van der Waals surface area contributed by atoms with Gasteiger partial charge in [-0.25, -0.2) is 5.01 Å². The van der Waals surface area contributed by atoms with Crippen molar-refractivity contribution in [1.29, 1.82) is 0 Å². The SMILES string of the molecule is CC1CC(NN2C(C)CCCC2C)C1. The fraction of sp³-hybridized carbons (Fsp3) is 1.00. The Morgan fingerprint density at radius 2 is 1.57 bits per heavy atom. The molecule has 2 unspecified atom stereocenters. The van der Waals surface area contributed by atoms with Crippen molar-refractivity contribution in [3.63, 3.8) is 0 Å². The summed E-state index contributed by atoms with van der Waals surface area (Å²) in [6.45, 7) is 7.05. The number of hydrazine groups is 1. The predicted molar refractivity (Wildman–Crippen MR) is 59.9 cm³/mol. The van der Waals surface area contributed by atoms with Crippen LogP contribution < -0.4 is 5.43 Å². The molecule has 1 aliphatic heterocycles. The zero-order chi connectivity index (χ0) is 10.1. The first-order valence-electron chi connectivity index (χ1n) is 6.21. The van der Waals surface area contributed by atoms with E-state index in [2.05, 4.69) is 31.2 Å². The topological polar surface area (TPSA) is 15.3 Å². The number of nitrogens with zero attached hydrogens (tertiary/aromatic N) is 1. The minimum absolute atomic E-state index is 0.731. The molecule has 0 aromatic carbocycles. The van der Waals surface area contributed by atoms with Gasteiger partial charge >= 0.3 is 0 Å². The molecule has 0 bridgehead atoms. The maximum absolute atomic E-state index is 3.72. The molecule has 0 spiro atoms. The van der Waals surface area contributed by atoms with E-state index in [0.29, 0.717) is 0 Å². The average molecular weight is 196 g/mol. The molecule has 1 saturated carbocycles. The fourth-order valence-electron chi connectivity index (χ4n) is 2.89. The summed E-state index contributed by atoms with van der Waals surface area (Å²) in [5.41, 5.74) is 3.72. The van der Waals surface area contributed by atoms with Crippen molar-refractivity contribution < 1.29 is 0 Å². The van der Waals surface area contributed by atoms with Crippen molar-refractivity contribution in [2.75, 3.05) is 0 Å². The van der Waals surface area contributed by atoms with Gasteiger partial charge in [0.05, 0.1) is 0 Å². The van der Waals surface area contributed by atoms with Crippen LogP contribution in [-0.2, 0) is 0 Å². The molecule has 2 heteroatoms. The first kappa shape index (κ1) is 10.4. The Hall–Kier alpha value is -0.0800. The normalized spacial score (nSPS) is 44.8. The van der Waals surface area contributed by atoms with E-state index < -0.39 is 0 Å². The Kier molecular flexibility index (Phi) is 3.13. The van der Waals surface area contributed by atoms with E-state index in [1.807, 2.05) is 0 Å². The van der Waals surface area contributed by atoms with Crippen LogP contribution in [0.1, 0.15) is 52.9 Å². The largest absolute Gasteiger partial charge is 0.252 e. The van der Waals surface area contributed by atoms with Gasteiger partial charge in [0.1, 0.15) is 0 Å². The smallest absolute Gasteiger partial charge is 0.0220 e. The van der Waals surface area contributed by atoms with Gasteiger partial charge in [-0.05, 0) is 45.4 Å². The monoisotopic (exact) mass is 196 g/mol. The van der Waals surface area contributed by atoms with Gasteiger partial charge in [0, 0.05) is 18.1 Å². The molecule has 82 valence electrons. The Morgan fingerprint density at radius 3 is 2.07 bits per heavy atom. The van der Waals surface area contributed by atoms with Crippen LogP contribution in [0.25, 0.3) is 0 Å². The molecule has 0 aromatic rings. The van der Waals surface area contributed by atoms with Crippen LogP contribution in [-0.4, -0.2) is 23.1 Å². The van der Waals surface area contributed by atoms with Gasteiger partial charge in [-0.1, -0.05) is 13.3 Å². The van der Waals surface area contributed by atoms with Gasteiger partial charge in [-0.3, -0.25) is 5.43 Å². The van der Waals surface area contributed by atoms with E-state index in [1.165, 1.54) is 32.1 Å². The lowest BCUT2D eigenvalue weighted by Gasteiger charge is -2.45. The van der Waals surface area contributed by atoms with E-state index in [-0.39, 0.29) is 0 Å². The van der Waals surface area contributed by atoms with Gasteiger partial charge in [0.25, 0.3) is 0 Å². The van der Waals surface area contributed by atoms with Crippen LogP contribution in [0.15, 0.2) is 0 Å². The van der Waals surface area contributed by atoms with Crippen molar-refractivity contribution in [3.8, 4) is 0 Å². The van der Waals surface area contributed by atoms with Crippen molar-refractivity contribution in [2.24, 2.45) is 5.92 Å². The summed E-state index contributed by atoms with van der Waals surface area (Å²) in [5.74, 6) is 0.947. The van der Waals surface area contributed by atoms with E-state index in [1.54, 1.807) is 0 Å². The minimum atomic E-state index is 0.731. The summed E-state index contributed by atoms with van der Waals surface area (Å²) in [7, 11) is 0.